The molecule has 0 bridgehead atoms. The van der Waals surface area contributed by atoms with Crippen LogP contribution >= 0.6 is 11.6 Å². The lowest BCUT2D eigenvalue weighted by Crippen LogP contribution is -2.27. The summed E-state index contributed by atoms with van der Waals surface area (Å²) in [6.45, 7) is 2.11. The van der Waals surface area contributed by atoms with Crippen LogP contribution in [0, 0.1) is 12.7 Å². The standard InChI is InChI=1S/C23H20ClFN4O2/c1-14-18(12-16-4-2-3-5-20(16)25)23(31)29-21(28-14)19(13-27-29)22(30)26-11-10-15-6-8-17(24)9-7-15/h2-9,13,27H,10-12H2,1H3,(H,26,30). The van der Waals surface area contributed by atoms with Gasteiger partial charge in [-0.15, -0.1) is 0 Å². The molecule has 0 spiro atoms. The summed E-state index contributed by atoms with van der Waals surface area (Å²) in [6.07, 6.45) is 2.22. The van der Waals surface area contributed by atoms with Crippen molar-refractivity contribution >= 4 is 23.2 Å². The Morgan fingerprint density at radius 2 is 1.94 bits per heavy atom. The SMILES string of the molecule is Cc1nc2c(C(=O)NCCc3ccc(Cl)cc3)c[nH]n2c(=O)c1Cc1ccccc1F. The summed E-state index contributed by atoms with van der Waals surface area (Å²) in [5.74, 6) is -0.709. The molecule has 2 aromatic heterocycles. The first-order valence-corrected chi connectivity index (χ1v) is 10.2. The van der Waals surface area contributed by atoms with E-state index in [1.54, 1.807) is 37.3 Å². The van der Waals surface area contributed by atoms with E-state index in [1.807, 2.05) is 12.1 Å². The first-order valence-electron chi connectivity index (χ1n) is 9.79. The first kappa shape index (κ1) is 20.8. The smallest absolute Gasteiger partial charge is 0.276 e. The van der Waals surface area contributed by atoms with Crippen LogP contribution in [-0.4, -0.2) is 27.0 Å². The highest BCUT2D eigenvalue weighted by molar-refractivity contribution is 6.30. The zero-order valence-electron chi connectivity index (χ0n) is 16.8. The van der Waals surface area contributed by atoms with Gasteiger partial charge in [0, 0.05) is 35.4 Å². The molecule has 4 aromatic rings. The van der Waals surface area contributed by atoms with Crippen LogP contribution in [0.3, 0.4) is 0 Å². The van der Waals surface area contributed by atoms with E-state index in [9.17, 15) is 14.0 Å². The molecular weight excluding hydrogens is 419 g/mol. The van der Waals surface area contributed by atoms with E-state index < -0.39 is 0 Å². The molecule has 0 unspecified atom stereocenters. The van der Waals surface area contributed by atoms with Gasteiger partial charge in [0.05, 0.1) is 0 Å². The Labute approximate surface area is 182 Å². The summed E-state index contributed by atoms with van der Waals surface area (Å²) in [6, 6.07) is 13.7. The number of H-pyrrole nitrogens is 1. The van der Waals surface area contributed by atoms with Gasteiger partial charge in [-0.25, -0.2) is 13.9 Å². The average molecular weight is 439 g/mol. The number of aryl methyl sites for hydroxylation is 1. The van der Waals surface area contributed by atoms with E-state index in [4.69, 9.17) is 11.6 Å². The lowest BCUT2D eigenvalue weighted by atomic mass is 10.0. The number of halogens is 2. The molecule has 0 atom stereocenters. The number of hydrogen-bond acceptors (Lipinski definition) is 3. The Morgan fingerprint density at radius 1 is 1.19 bits per heavy atom. The molecule has 158 valence electrons. The Morgan fingerprint density at radius 3 is 2.68 bits per heavy atom. The van der Waals surface area contributed by atoms with Gasteiger partial charge in [-0.3, -0.25) is 14.7 Å². The molecule has 4 rings (SSSR count). The van der Waals surface area contributed by atoms with Crippen molar-refractivity contribution in [1.82, 2.24) is 19.9 Å². The van der Waals surface area contributed by atoms with E-state index in [-0.39, 0.29) is 34.9 Å². The van der Waals surface area contributed by atoms with Gasteiger partial charge in [-0.2, -0.15) is 0 Å². The fourth-order valence-corrected chi connectivity index (χ4v) is 3.55. The summed E-state index contributed by atoms with van der Waals surface area (Å²) in [5.41, 5.74) is 2.45. The largest absolute Gasteiger partial charge is 0.352 e. The molecule has 2 aromatic carbocycles. The number of nitrogens with zero attached hydrogens (tertiary/aromatic N) is 2. The highest BCUT2D eigenvalue weighted by atomic mass is 35.5. The van der Waals surface area contributed by atoms with Gasteiger partial charge in [0.25, 0.3) is 11.5 Å². The zero-order chi connectivity index (χ0) is 22.0. The Bertz CT molecular complexity index is 1310. The van der Waals surface area contributed by atoms with Gasteiger partial charge in [0.2, 0.25) is 0 Å². The second kappa shape index (κ2) is 8.73. The van der Waals surface area contributed by atoms with Crippen LogP contribution in [0.5, 0.6) is 0 Å². The number of aromatic amines is 1. The molecule has 0 fully saturated rings. The number of carbonyl (C=O) groups excluding carboxylic acids is 1. The fraction of sp³-hybridized carbons (Fsp3) is 0.174. The number of nitrogens with one attached hydrogen (secondary N) is 2. The Balaban J connectivity index is 1.54. The molecule has 0 saturated carbocycles. The normalized spacial score (nSPS) is 11.1. The molecule has 0 aliphatic carbocycles. The predicted molar refractivity (Wildman–Crippen MR) is 117 cm³/mol. The number of fused-ring (bicyclic) bond motifs is 1. The third-order valence-corrected chi connectivity index (χ3v) is 5.40. The molecule has 0 radical (unpaired) electrons. The average Bonchev–Trinajstić information content (AvgIpc) is 3.17. The molecule has 8 heteroatoms. The summed E-state index contributed by atoms with van der Waals surface area (Å²) < 4.78 is 15.2. The lowest BCUT2D eigenvalue weighted by Gasteiger charge is -2.08. The third kappa shape index (κ3) is 4.36. The monoisotopic (exact) mass is 438 g/mol. The predicted octanol–water partition coefficient (Wildman–Crippen LogP) is 3.69. The number of amides is 1. The second-order valence-corrected chi connectivity index (χ2v) is 7.66. The quantitative estimate of drug-likeness (QED) is 0.482. The fourth-order valence-electron chi connectivity index (χ4n) is 3.43. The van der Waals surface area contributed by atoms with Gasteiger partial charge >= 0.3 is 0 Å². The van der Waals surface area contributed by atoms with Crippen molar-refractivity contribution < 1.29 is 9.18 Å². The topological polar surface area (TPSA) is 79.3 Å². The minimum atomic E-state index is -0.376. The molecule has 0 aliphatic heterocycles. The van der Waals surface area contributed by atoms with Gasteiger partial charge in [-0.05, 0) is 42.7 Å². The minimum absolute atomic E-state index is 0.120. The minimum Gasteiger partial charge on any atom is -0.352 e. The summed E-state index contributed by atoms with van der Waals surface area (Å²) in [5, 5.41) is 6.30. The van der Waals surface area contributed by atoms with Crippen LogP contribution in [0.25, 0.3) is 5.65 Å². The van der Waals surface area contributed by atoms with Crippen LogP contribution in [0.4, 0.5) is 4.39 Å². The van der Waals surface area contributed by atoms with Gasteiger partial charge in [0.1, 0.15) is 11.4 Å². The molecule has 31 heavy (non-hydrogen) atoms. The van der Waals surface area contributed by atoms with Crippen LogP contribution in [-0.2, 0) is 12.8 Å². The maximum atomic E-state index is 14.0. The van der Waals surface area contributed by atoms with Crippen LogP contribution in [0.2, 0.25) is 5.02 Å². The van der Waals surface area contributed by atoms with Gasteiger partial charge < -0.3 is 5.32 Å². The number of carbonyl (C=O) groups is 1. The van der Waals surface area contributed by atoms with E-state index in [0.29, 0.717) is 34.8 Å². The van der Waals surface area contributed by atoms with Crippen molar-refractivity contribution in [2.75, 3.05) is 6.54 Å². The number of rotatable bonds is 6. The maximum absolute atomic E-state index is 14.0. The van der Waals surface area contributed by atoms with Crippen molar-refractivity contribution in [3.63, 3.8) is 0 Å². The van der Waals surface area contributed by atoms with E-state index in [0.717, 1.165) is 5.56 Å². The lowest BCUT2D eigenvalue weighted by molar-refractivity contribution is 0.0955. The summed E-state index contributed by atoms with van der Waals surface area (Å²) >= 11 is 5.88. The molecule has 2 heterocycles. The molecule has 1 amide bonds. The first-order chi connectivity index (χ1) is 14.9. The van der Waals surface area contributed by atoms with Crippen molar-refractivity contribution in [1.29, 1.82) is 0 Å². The van der Waals surface area contributed by atoms with Crippen molar-refractivity contribution in [3.05, 3.63) is 104 Å². The van der Waals surface area contributed by atoms with Crippen LogP contribution < -0.4 is 10.9 Å². The van der Waals surface area contributed by atoms with Crippen molar-refractivity contribution in [2.45, 2.75) is 19.8 Å². The Hall–Kier alpha value is -3.45. The van der Waals surface area contributed by atoms with E-state index in [1.165, 1.54) is 16.8 Å². The van der Waals surface area contributed by atoms with E-state index >= 15 is 0 Å². The molecule has 0 aliphatic rings. The number of aromatic nitrogens is 3. The van der Waals surface area contributed by atoms with Crippen LogP contribution in [0.15, 0.2) is 59.5 Å². The highest BCUT2D eigenvalue weighted by Crippen LogP contribution is 2.15. The molecule has 2 N–H and O–H groups in total. The number of benzene rings is 2. The third-order valence-electron chi connectivity index (χ3n) is 5.14. The molecule has 0 saturated heterocycles. The maximum Gasteiger partial charge on any atom is 0.276 e. The van der Waals surface area contributed by atoms with E-state index in [2.05, 4.69) is 15.4 Å². The molecule has 6 nitrogen and oxygen atoms in total. The second-order valence-electron chi connectivity index (χ2n) is 7.23. The van der Waals surface area contributed by atoms with Crippen molar-refractivity contribution in [2.24, 2.45) is 0 Å². The Kier molecular flexibility index (Phi) is 5.86. The zero-order valence-corrected chi connectivity index (χ0v) is 17.5. The molecular formula is C23H20ClFN4O2. The van der Waals surface area contributed by atoms with Gasteiger partial charge in [0.15, 0.2) is 5.65 Å². The highest BCUT2D eigenvalue weighted by Gasteiger charge is 2.18. The van der Waals surface area contributed by atoms with Crippen molar-refractivity contribution in [3.8, 4) is 0 Å². The van der Waals surface area contributed by atoms with Crippen LogP contribution in [0.1, 0.15) is 32.7 Å². The number of hydrogen-bond donors (Lipinski definition) is 2. The summed E-state index contributed by atoms with van der Waals surface area (Å²) in [4.78, 5) is 30.1. The summed E-state index contributed by atoms with van der Waals surface area (Å²) in [7, 11) is 0. The van der Waals surface area contributed by atoms with Gasteiger partial charge in [-0.1, -0.05) is 41.9 Å².